The average molecular weight is 261 g/mol. The number of ether oxygens (including phenoxy) is 2. The van der Waals surface area contributed by atoms with Crippen molar-refractivity contribution in [1.29, 1.82) is 0 Å². The minimum Gasteiger partial charge on any atom is -0.473 e. The smallest absolute Gasteiger partial charge is 0.251 e. The lowest BCUT2D eigenvalue weighted by atomic mass is 10.0. The SMILES string of the molecule is O=C([C@H]1N=CO[C@@H]1c1ccncc1)N1CCOCC1. The van der Waals surface area contributed by atoms with E-state index in [9.17, 15) is 4.79 Å². The first-order chi connectivity index (χ1) is 9.36. The van der Waals surface area contributed by atoms with Gasteiger partial charge < -0.3 is 14.4 Å². The van der Waals surface area contributed by atoms with Gasteiger partial charge in [0, 0.05) is 25.5 Å². The van der Waals surface area contributed by atoms with Gasteiger partial charge in [-0.2, -0.15) is 0 Å². The van der Waals surface area contributed by atoms with Crippen molar-refractivity contribution in [3.8, 4) is 0 Å². The molecule has 0 radical (unpaired) electrons. The van der Waals surface area contributed by atoms with Crippen molar-refractivity contribution in [2.75, 3.05) is 26.3 Å². The molecule has 0 bridgehead atoms. The zero-order valence-corrected chi connectivity index (χ0v) is 10.4. The molecular weight excluding hydrogens is 246 g/mol. The van der Waals surface area contributed by atoms with Crippen LogP contribution in [0, 0.1) is 0 Å². The van der Waals surface area contributed by atoms with Crippen molar-refractivity contribution in [3.05, 3.63) is 30.1 Å². The van der Waals surface area contributed by atoms with Gasteiger partial charge in [-0.05, 0) is 17.7 Å². The molecule has 100 valence electrons. The van der Waals surface area contributed by atoms with Gasteiger partial charge in [-0.1, -0.05) is 0 Å². The maximum absolute atomic E-state index is 12.4. The number of aliphatic imine (C=N–C) groups is 1. The number of aromatic nitrogens is 1. The van der Waals surface area contributed by atoms with Crippen molar-refractivity contribution >= 4 is 12.3 Å². The summed E-state index contributed by atoms with van der Waals surface area (Å²) in [5, 5.41) is 0. The highest BCUT2D eigenvalue weighted by Gasteiger charge is 2.36. The van der Waals surface area contributed by atoms with Crippen molar-refractivity contribution in [3.63, 3.8) is 0 Å². The number of carbonyl (C=O) groups excluding carboxylic acids is 1. The third kappa shape index (κ3) is 2.44. The lowest BCUT2D eigenvalue weighted by Crippen LogP contribution is -2.46. The number of pyridine rings is 1. The van der Waals surface area contributed by atoms with Crippen LogP contribution in [-0.4, -0.2) is 54.5 Å². The van der Waals surface area contributed by atoms with Gasteiger partial charge in [-0.3, -0.25) is 9.78 Å². The molecule has 19 heavy (non-hydrogen) atoms. The summed E-state index contributed by atoms with van der Waals surface area (Å²) in [7, 11) is 0. The first-order valence-corrected chi connectivity index (χ1v) is 6.30. The topological polar surface area (TPSA) is 64.0 Å². The Kier molecular flexibility index (Phi) is 3.41. The fraction of sp³-hybridized carbons (Fsp3) is 0.462. The van der Waals surface area contributed by atoms with Crippen molar-refractivity contribution in [2.24, 2.45) is 4.99 Å². The van der Waals surface area contributed by atoms with Crippen molar-refractivity contribution < 1.29 is 14.3 Å². The van der Waals surface area contributed by atoms with Gasteiger partial charge in [0.2, 0.25) is 0 Å². The zero-order chi connectivity index (χ0) is 13.1. The van der Waals surface area contributed by atoms with Crippen LogP contribution in [0.5, 0.6) is 0 Å². The number of amides is 1. The van der Waals surface area contributed by atoms with Crippen molar-refractivity contribution in [2.45, 2.75) is 12.1 Å². The molecule has 0 aromatic carbocycles. The van der Waals surface area contributed by atoms with Crippen LogP contribution in [0.25, 0.3) is 0 Å². The quantitative estimate of drug-likeness (QED) is 0.773. The normalized spacial score (nSPS) is 26.2. The molecule has 2 aliphatic heterocycles. The molecule has 3 rings (SSSR count). The van der Waals surface area contributed by atoms with Crippen LogP contribution < -0.4 is 0 Å². The maximum atomic E-state index is 12.4. The summed E-state index contributed by atoms with van der Waals surface area (Å²) in [4.78, 5) is 22.4. The monoisotopic (exact) mass is 261 g/mol. The summed E-state index contributed by atoms with van der Waals surface area (Å²) < 4.78 is 10.7. The van der Waals surface area contributed by atoms with Gasteiger partial charge in [0.15, 0.2) is 18.5 Å². The second kappa shape index (κ2) is 5.36. The minimum atomic E-state index is -0.500. The number of morpholine rings is 1. The van der Waals surface area contributed by atoms with Crippen LogP contribution in [0.4, 0.5) is 0 Å². The molecule has 3 heterocycles. The second-order valence-corrected chi connectivity index (χ2v) is 4.47. The number of hydrogen-bond donors (Lipinski definition) is 0. The fourth-order valence-corrected chi connectivity index (χ4v) is 2.30. The summed E-state index contributed by atoms with van der Waals surface area (Å²) in [5.41, 5.74) is 0.916. The molecule has 1 saturated heterocycles. The van der Waals surface area contributed by atoms with Crippen LogP contribution in [0.1, 0.15) is 11.7 Å². The molecule has 0 saturated carbocycles. The fourth-order valence-electron chi connectivity index (χ4n) is 2.30. The van der Waals surface area contributed by atoms with Gasteiger partial charge >= 0.3 is 0 Å². The summed E-state index contributed by atoms with van der Waals surface area (Å²) >= 11 is 0. The Labute approximate surface area is 111 Å². The summed E-state index contributed by atoms with van der Waals surface area (Å²) in [5.74, 6) is -0.00105. The number of hydrogen-bond acceptors (Lipinski definition) is 5. The second-order valence-electron chi connectivity index (χ2n) is 4.47. The molecule has 6 nitrogen and oxygen atoms in total. The first-order valence-electron chi connectivity index (χ1n) is 6.30. The van der Waals surface area contributed by atoms with Gasteiger partial charge in [-0.15, -0.1) is 0 Å². The van der Waals surface area contributed by atoms with Crippen LogP contribution in [0.3, 0.4) is 0 Å². The van der Waals surface area contributed by atoms with Crippen LogP contribution in [0.15, 0.2) is 29.5 Å². The minimum absolute atomic E-state index is 0.00105. The standard InChI is InChI=1S/C13H15N3O3/c17-13(16-5-7-18-8-6-16)11-12(19-9-15-11)10-1-3-14-4-2-10/h1-4,9,11-12H,5-8H2/t11-,12+/m0/s1. The highest BCUT2D eigenvalue weighted by molar-refractivity contribution is 5.85. The molecule has 0 aliphatic carbocycles. The number of nitrogens with zero attached hydrogens (tertiary/aromatic N) is 3. The van der Waals surface area contributed by atoms with Crippen LogP contribution >= 0.6 is 0 Å². The molecule has 0 unspecified atom stereocenters. The lowest BCUT2D eigenvalue weighted by Gasteiger charge is -2.29. The predicted molar refractivity (Wildman–Crippen MR) is 67.7 cm³/mol. The molecule has 0 spiro atoms. The molecule has 1 aromatic heterocycles. The summed E-state index contributed by atoms with van der Waals surface area (Å²) in [6.45, 7) is 2.41. The van der Waals surface area contributed by atoms with Crippen molar-refractivity contribution in [1.82, 2.24) is 9.88 Å². The summed E-state index contributed by atoms with van der Waals surface area (Å²) in [6, 6.07) is 3.19. The van der Waals surface area contributed by atoms with Gasteiger partial charge in [0.1, 0.15) is 0 Å². The summed E-state index contributed by atoms with van der Waals surface area (Å²) in [6.07, 6.45) is 4.40. The Morgan fingerprint density at radius 3 is 2.74 bits per heavy atom. The van der Waals surface area contributed by atoms with E-state index in [-0.39, 0.29) is 12.0 Å². The Bertz CT molecular complexity index is 471. The Hall–Kier alpha value is -1.95. The highest BCUT2D eigenvalue weighted by Crippen LogP contribution is 2.27. The molecule has 1 fully saturated rings. The largest absolute Gasteiger partial charge is 0.473 e. The van der Waals surface area contributed by atoms with E-state index in [1.165, 1.54) is 6.40 Å². The van der Waals surface area contributed by atoms with E-state index in [0.29, 0.717) is 26.3 Å². The van der Waals surface area contributed by atoms with E-state index in [4.69, 9.17) is 9.47 Å². The van der Waals surface area contributed by atoms with Gasteiger partial charge in [0.25, 0.3) is 5.91 Å². The molecule has 6 heteroatoms. The van der Waals surface area contributed by atoms with E-state index in [1.54, 1.807) is 17.3 Å². The van der Waals surface area contributed by atoms with E-state index in [0.717, 1.165) is 5.56 Å². The molecule has 1 aromatic rings. The van der Waals surface area contributed by atoms with Gasteiger partial charge in [0.05, 0.1) is 13.2 Å². The van der Waals surface area contributed by atoms with E-state index in [2.05, 4.69) is 9.98 Å². The van der Waals surface area contributed by atoms with E-state index >= 15 is 0 Å². The molecule has 1 amide bonds. The van der Waals surface area contributed by atoms with E-state index in [1.807, 2.05) is 12.1 Å². The molecular formula is C13H15N3O3. The highest BCUT2D eigenvalue weighted by atomic mass is 16.5. The predicted octanol–water partition coefficient (Wildman–Crippen LogP) is 0.409. The Balaban J connectivity index is 1.75. The average Bonchev–Trinajstić information content (AvgIpc) is 2.98. The molecule has 0 N–H and O–H groups in total. The lowest BCUT2D eigenvalue weighted by molar-refractivity contribution is -0.138. The third-order valence-electron chi connectivity index (χ3n) is 3.33. The first kappa shape index (κ1) is 12.1. The number of rotatable bonds is 2. The maximum Gasteiger partial charge on any atom is 0.251 e. The molecule has 2 atom stereocenters. The van der Waals surface area contributed by atoms with Crippen LogP contribution in [-0.2, 0) is 14.3 Å². The zero-order valence-electron chi connectivity index (χ0n) is 10.4. The Morgan fingerprint density at radius 2 is 2.00 bits per heavy atom. The molecule has 2 aliphatic rings. The van der Waals surface area contributed by atoms with E-state index < -0.39 is 6.04 Å². The van der Waals surface area contributed by atoms with Gasteiger partial charge in [-0.25, -0.2) is 4.99 Å². The van der Waals surface area contributed by atoms with Crippen LogP contribution in [0.2, 0.25) is 0 Å². The Morgan fingerprint density at radius 1 is 1.26 bits per heavy atom. The third-order valence-corrected chi connectivity index (χ3v) is 3.33. The number of carbonyl (C=O) groups is 1.